The minimum atomic E-state index is -0.158. The first kappa shape index (κ1) is 20.0. The number of nitrogens with one attached hydrogen (secondary N) is 2. The van der Waals surface area contributed by atoms with E-state index in [1.165, 1.54) is 0 Å². The van der Waals surface area contributed by atoms with Crippen LogP contribution in [0.25, 0.3) is 11.0 Å². The number of likely N-dealkylation sites (tertiary alicyclic amines) is 1. The van der Waals surface area contributed by atoms with Crippen molar-refractivity contribution in [3.8, 4) is 0 Å². The maximum atomic E-state index is 12.4. The SMILES string of the molecule is O=C(NCCN1CCC(n2c(=O)[nH]c3cc(Cl)ccc32)CC1)c1ccccc1Cl. The van der Waals surface area contributed by atoms with E-state index in [4.69, 9.17) is 23.2 Å². The molecule has 8 heteroatoms. The summed E-state index contributed by atoms with van der Waals surface area (Å²) in [5, 5.41) is 3.99. The fourth-order valence-electron chi connectivity index (χ4n) is 3.94. The molecule has 1 aromatic heterocycles. The van der Waals surface area contributed by atoms with E-state index < -0.39 is 0 Å². The monoisotopic (exact) mass is 432 g/mol. The van der Waals surface area contributed by atoms with Gasteiger partial charge in [-0.2, -0.15) is 0 Å². The number of hydrogen-bond donors (Lipinski definition) is 2. The zero-order valence-electron chi connectivity index (χ0n) is 15.8. The minimum Gasteiger partial charge on any atom is -0.351 e. The van der Waals surface area contributed by atoms with Crippen molar-refractivity contribution in [3.63, 3.8) is 0 Å². The maximum absolute atomic E-state index is 12.4. The highest BCUT2D eigenvalue weighted by Gasteiger charge is 2.23. The van der Waals surface area contributed by atoms with Crippen molar-refractivity contribution < 1.29 is 4.79 Å². The smallest absolute Gasteiger partial charge is 0.326 e. The second-order valence-corrected chi connectivity index (χ2v) is 8.11. The van der Waals surface area contributed by atoms with E-state index in [-0.39, 0.29) is 17.6 Å². The zero-order valence-corrected chi connectivity index (χ0v) is 17.3. The number of hydrogen-bond acceptors (Lipinski definition) is 3. The van der Waals surface area contributed by atoms with Gasteiger partial charge >= 0.3 is 5.69 Å². The lowest BCUT2D eigenvalue weighted by molar-refractivity contribution is 0.0944. The molecule has 0 atom stereocenters. The van der Waals surface area contributed by atoms with E-state index in [9.17, 15) is 9.59 Å². The Morgan fingerprint density at radius 2 is 1.90 bits per heavy atom. The molecule has 0 bridgehead atoms. The summed E-state index contributed by atoms with van der Waals surface area (Å²) in [6.45, 7) is 3.07. The van der Waals surface area contributed by atoms with Gasteiger partial charge in [-0.3, -0.25) is 9.36 Å². The standard InChI is InChI=1S/C21H22Cl2N4O2/c22-14-5-6-19-18(13-14)25-21(29)27(19)15-7-10-26(11-8-15)12-9-24-20(28)16-3-1-2-4-17(16)23/h1-6,13,15H,7-12H2,(H,24,28)(H,25,29). The van der Waals surface area contributed by atoms with Gasteiger partial charge in [0.2, 0.25) is 0 Å². The van der Waals surface area contributed by atoms with Crippen LogP contribution in [0.1, 0.15) is 29.2 Å². The molecule has 29 heavy (non-hydrogen) atoms. The third kappa shape index (κ3) is 4.34. The Hall–Kier alpha value is -2.28. The van der Waals surface area contributed by atoms with Gasteiger partial charge in [0.15, 0.2) is 0 Å². The van der Waals surface area contributed by atoms with Gasteiger partial charge in [0.25, 0.3) is 5.91 Å². The molecule has 1 aliphatic heterocycles. The molecule has 4 rings (SSSR count). The van der Waals surface area contributed by atoms with Crippen LogP contribution in [-0.4, -0.2) is 46.5 Å². The Bertz CT molecular complexity index is 1080. The Balaban J connectivity index is 1.31. The molecule has 1 aliphatic rings. The van der Waals surface area contributed by atoms with E-state index in [1.54, 1.807) is 30.3 Å². The molecule has 152 valence electrons. The number of nitrogens with zero attached hydrogens (tertiary/aromatic N) is 2. The summed E-state index contributed by atoms with van der Waals surface area (Å²) >= 11 is 12.1. The average molecular weight is 433 g/mol. The van der Waals surface area contributed by atoms with E-state index in [0.717, 1.165) is 43.5 Å². The summed E-state index contributed by atoms with van der Waals surface area (Å²) in [4.78, 5) is 29.9. The zero-order chi connectivity index (χ0) is 20.4. The molecule has 1 fully saturated rings. The lowest BCUT2D eigenvalue weighted by atomic mass is 10.0. The molecule has 2 heterocycles. The van der Waals surface area contributed by atoms with Crippen LogP contribution < -0.4 is 11.0 Å². The number of H-pyrrole nitrogens is 1. The van der Waals surface area contributed by atoms with Crippen molar-refractivity contribution in [2.75, 3.05) is 26.2 Å². The average Bonchev–Trinajstić information content (AvgIpc) is 3.03. The van der Waals surface area contributed by atoms with Gasteiger partial charge in [0.1, 0.15) is 0 Å². The number of fused-ring (bicyclic) bond motifs is 1. The van der Waals surface area contributed by atoms with E-state index in [0.29, 0.717) is 22.2 Å². The molecule has 6 nitrogen and oxygen atoms in total. The van der Waals surface area contributed by atoms with Gasteiger partial charge in [-0.05, 0) is 43.2 Å². The number of carbonyl (C=O) groups excluding carboxylic acids is 1. The Morgan fingerprint density at radius 3 is 2.66 bits per heavy atom. The number of piperidine rings is 1. The molecule has 1 saturated heterocycles. The molecule has 0 aliphatic carbocycles. The number of benzene rings is 2. The van der Waals surface area contributed by atoms with Crippen LogP contribution in [0.2, 0.25) is 10.0 Å². The Labute approximate surface area is 178 Å². The van der Waals surface area contributed by atoms with E-state index >= 15 is 0 Å². The molecule has 3 aromatic rings. The lowest BCUT2D eigenvalue weighted by Crippen LogP contribution is -2.41. The van der Waals surface area contributed by atoms with Crippen molar-refractivity contribution in [1.82, 2.24) is 19.8 Å². The molecule has 0 unspecified atom stereocenters. The van der Waals surface area contributed by atoms with E-state index in [1.807, 2.05) is 16.7 Å². The number of imidazole rings is 1. The third-order valence-corrected chi connectivity index (χ3v) is 6.00. The second-order valence-electron chi connectivity index (χ2n) is 7.27. The van der Waals surface area contributed by atoms with Crippen LogP contribution in [0, 0.1) is 0 Å². The minimum absolute atomic E-state index is 0.0901. The fourth-order valence-corrected chi connectivity index (χ4v) is 4.33. The van der Waals surface area contributed by atoms with Gasteiger partial charge in [0, 0.05) is 37.2 Å². The van der Waals surface area contributed by atoms with Crippen LogP contribution in [0.5, 0.6) is 0 Å². The maximum Gasteiger partial charge on any atom is 0.326 e. The highest BCUT2D eigenvalue weighted by atomic mass is 35.5. The first-order valence-corrected chi connectivity index (χ1v) is 10.4. The lowest BCUT2D eigenvalue weighted by Gasteiger charge is -2.32. The van der Waals surface area contributed by atoms with Crippen molar-refractivity contribution in [3.05, 3.63) is 68.6 Å². The molecule has 2 N–H and O–H groups in total. The molecule has 1 amide bonds. The largest absolute Gasteiger partial charge is 0.351 e. The van der Waals surface area contributed by atoms with Crippen LogP contribution in [0.15, 0.2) is 47.3 Å². The topological polar surface area (TPSA) is 70.1 Å². The summed E-state index contributed by atoms with van der Waals surface area (Å²) < 4.78 is 1.85. The van der Waals surface area contributed by atoms with Crippen molar-refractivity contribution in [1.29, 1.82) is 0 Å². The molecular weight excluding hydrogens is 411 g/mol. The van der Waals surface area contributed by atoms with Crippen molar-refractivity contribution in [2.45, 2.75) is 18.9 Å². The molecule has 0 spiro atoms. The van der Waals surface area contributed by atoms with Crippen LogP contribution in [0.4, 0.5) is 0 Å². The third-order valence-electron chi connectivity index (χ3n) is 5.43. The highest BCUT2D eigenvalue weighted by molar-refractivity contribution is 6.33. The molecule has 0 radical (unpaired) electrons. The first-order chi connectivity index (χ1) is 14.0. The first-order valence-electron chi connectivity index (χ1n) is 9.68. The predicted octanol–water partition coefficient (Wildman–Crippen LogP) is 3.70. The van der Waals surface area contributed by atoms with Gasteiger partial charge in [-0.1, -0.05) is 35.3 Å². The van der Waals surface area contributed by atoms with Gasteiger partial charge in [-0.25, -0.2) is 4.79 Å². The number of aromatic nitrogens is 2. The quantitative estimate of drug-likeness (QED) is 0.645. The van der Waals surface area contributed by atoms with Gasteiger partial charge in [-0.15, -0.1) is 0 Å². The summed E-state index contributed by atoms with van der Waals surface area (Å²) in [5.74, 6) is -0.158. The number of aromatic amines is 1. The van der Waals surface area contributed by atoms with Crippen molar-refractivity contribution in [2.24, 2.45) is 0 Å². The number of amides is 1. The van der Waals surface area contributed by atoms with Crippen LogP contribution >= 0.6 is 23.2 Å². The summed E-state index contributed by atoms with van der Waals surface area (Å²) in [7, 11) is 0. The normalized spacial score (nSPS) is 15.7. The Morgan fingerprint density at radius 1 is 1.14 bits per heavy atom. The van der Waals surface area contributed by atoms with Gasteiger partial charge in [0.05, 0.1) is 21.6 Å². The molecule has 2 aromatic carbocycles. The fraction of sp³-hybridized carbons (Fsp3) is 0.333. The summed E-state index contributed by atoms with van der Waals surface area (Å²) in [6, 6.07) is 12.7. The second kappa shape index (κ2) is 8.61. The highest BCUT2D eigenvalue weighted by Crippen LogP contribution is 2.26. The summed E-state index contributed by atoms with van der Waals surface area (Å²) in [6.07, 6.45) is 1.77. The number of halogens is 2. The van der Waals surface area contributed by atoms with Crippen molar-refractivity contribution >= 4 is 40.1 Å². The molecule has 0 saturated carbocycles. The molecular formula is C21H22Cl2N4O2. The number of carbonyl (C=O) groups is 1. The predicted molar refractivity (Wildman–Crippen MR) is 116 cm³/mol. The summed E-state index contributed by atoms with van der Waals surface area (Å²) in [5.41, 5.74) is 2.07. The Kier molecular flexibility index (Phi) is 5.94. The number of rotatable bonds is 5. The van der Waals surface area contributed by atoms with Crippen LogP contribution in [-0.2, 0) is 0 Å². The van der Waals surface area contributed by atoms with Gasteiger partial charge < -0.3 is 15.2 Å². The van der Waals surface area contributed by atoms with Crippen LogP contribution in [0.3, 0.4) is 0 Å². The van der Waals surface area contributed by atoms with E-state index in [2.05, 4.69) is 15.2 Å².